The number of rotatable bonds is 7. The summed E-state index contributed by atoms with van der Waals surface area (Å²) in [5.74, 6) is -2.23. The SMILES string of the molecule is COC(=O)[C@H]1CC[C@H](CNC(=O)[C@@H]2N[C@@H](CC(C)(C)C)[C@](C)(c3ccc(Cl)cc3F)[C@H]2c2cccc(Cl)c2F)CC1. The van der Waals surface area contributed by atoms with Crippen molar-refractivity contribution >= 4 is 35.1 Å². The quantitative estimate of drug-likeness (QED) is 0.327. The van der Waals surface area contributed by atoms with Gasteiger partial charge in [-0.05, 0) is 72.8 Å². The molecule has 0 unspecified atom stereocenters. The lowest BCUT2D eigenvalue weighted by Crippen LogP contribution is -2.47. The van der Waals surface area contributed by atoms with Gasteiger partial charge in [-0.1, -0.05) is 69.1 Å². The Morgan fingerprint density at radius 1 is 1.10 bits per heavy atom. The second kappa shape index (κ2) is 12.6. The largest absolute Gasteiger partial charge is 0.469 e. The third-order valence-electron chi connectivity index (χ3n) is 8.96. The average Bonchev–Trinajstić information content (AvgIpc) is 3.19. The molecule has 1 heterocycles. The van der Waals surface area contributed by atoms with E-state index in [1.807, 2.05) is 6.92 Å². The van der Waals surface area contributed by atoms with Crippen molar-refractivity contribution in [2.24, 2.45) is 17.3 Å². The molecule has 0 bridgehead atoms. The summed E-state index contributed by atoms with van der Waals surface area (Å²) in [6.45, 7) is 8.59. The highest BCUT2D eigenvalue weighted by Crippen LogP contribution is 2.52. The molecule has 2 N–H and O–H groups in total. The number of amides is 1. The minimum absolute atomic E-state index is 0.0535. The highest BCUT2D eigenvalue weighted by atomic mass is 35.5. The van der Waals surface area contributed by atoms with Gasteiger partial charge in [0, 0.05) is 28.9 Å². The highest BCUT2D eigenvalue weighted by molar-refractivity contribution is 6.31. The van der Waals surface area contributed by atoms with Gasteiger partial charge in [-0.25, -0.2) is 8.78 Å². The smallest absolute Gasteiger partial charge is 0.308 e. The standard InChI is InChI=1S/C32H40Cl2F2N2O3/c1-31(2,3)16-25-32(4,22-14-13-20(33)15-24(22)35)26(21-7-6-8-23(34)27(21)36)28(38-25)29(39)37-17-18-9-11-19(12-10-18)30(40)41-5/h6-8,13-15,18-19,25-26,28,38H,9-12,16-17H2,1-5H3,(H,37,39)/t18-,19-,25-,26-,28+,32-/m0/s1. The van der Waals surface area contributed by atoms with Crippen LogP contribution in [-0.2, 0) is 19.7 Å². The van der Waals surface area contributed by atoms with Crippen LogP contribution in [0.1, 0.15) is 76.8 Å². The summed E-state index contributed by atoms with van der Waals surface area (Å²) in [4.78, 5) is 25.8. The van der Waals surface area contributed by atoms with Gasteiger partial charge in [-0.15, -0.1) is 0 Å². The number of nitrogens with one attached hydrogen (secondary N) is 2. The van der Waals surface area contributed by atoms with Crippen LogP contribution >= 0.6 is 23.2 Å². The molecule has 41 heavy (non-hydrogen) atoms. The number of hydrogen-bond acceptors (Lipinski definition) is 4. The van der Waals surface area contributed by atoms with E-state index >= 15 is 8.78 Å². The monoisotopic (exact) mass is 608 g/mol. The van der Waals surface area contributed by atoms with E-state index in [4.69, 9.17) is 27.9 Å². The molecule has 2 fully saturated rings. The highest BCUT2D eigenvalue weighted by Gasteiger charge is 2.57. The summed E-state index contributed by atoms with van der Waals surface area (Å²) < 4.78 is 36.3. The lowest BCUT2D eigenvalue weighted by Gasteiger charge is -2.40. The molecule has 0 radical (unpaired) electrons. The van der Waals surface area contributed by atoms with Gasteiger partial charge in [0.1, 0.15) is 11.6 Å². The number of hydrogen-bond donors (Lipinski definition) is 2. The number of ether oxygens (including phenoxy) is 1. The van der Waals surface area contributed by atoms with Crippen molar-refractivity contribution in [1.29, 1.82) is 0 Å². The summed E-state index contributed by atoms with van der Waals surface area (Å²) in [7, 11) is 1.40. The molecule has 5 nitrogen and oxygen atoms in total. The van der Waals surface area contributed by atoms with Crippen LogP contribution < -0.4 is 10.6 Å². The second-order valence-corrected chi connectivity index (χ2v) is 13.8. The van der Waals surface area contributed by atoms with Crippen LogP contribution in [0.5, 0.6) is 0 Å². The van der Waals surface area contributed by atoms with Crippen LogP contribution in [0, 0.1) is 28.9 Å². The topological polar surface area (TPSA) is 67.4 Å². The van der Waals surface area contributed by atoms with Crippen LogP contribution in [0.3, 0.4) is 0 Å². The summed E-state index contributed by atoms with van der Waals surface area (Å²) in [6.07, 6.45) is 3.63. The van der Waals surface area contributed by atoms with E-state index in [0.29, 0.717) is 31.4 Å². The Morgan fingerprint density at radius 3 is 2.39 bits per heavy atom. The van der Waals surface area contributed by atoms with E-state index < -0.39 is 29.0 Å². The van der Waals surface area contributed by atoms with E-state index in [0.717, 1.165) is 12.8 Å². The third-order valence-corrected chi connectivity index (χ3v) is 9.48. The first-order valence-corrected chi connectivity index (χ1v) is 15.0. The number of benzene rings is 2. The van der Waals surface area contributed by atoms with Gasteiger partial charge >= 0.3 is 5.97 Å². The van der Waals surface area contributed by atoms with Crippen LogP contribution in [0.2, 0.25) is 10.0 Å². The molecular formula is C32H40Cl2F2N2O3. The van der Waals surface area contributed by atoms with Crippen molar-refractivity contribution in [2.75, 3.05) is 13.7 Å². The Balaban J connectivity index is 1.70. The molecule has 2 aromatic carbocycles. The van der Waals surface area contributed by atoms with Crippen LogP contribution in [-0.4, -0.2) is 37.6 Å². The zero-order chi connectivity index (χ0) is 30.1. The summed E-state index contributed by atoms with van der Waals surface area (Å²) in [5.41, 5.74) is -0.571. The average molecular weight is 610 g/mol. The maximum Gasteiger partial charge on any atom is 0.308 e. The maximum atomic E-state index is 15.7. The Labute approximate surface area is 251 Å². The van der Waals surface area contributed by atoms with Crippen LogP contribution in [0.4, 0.5) is 8.78 Å². The molecule has 224 valence electrons. The van der Waals surface area contributed by atoms with E-state index in [1.54, 1.807) is 24.3 Å². The maximum absolute atomic E-state index is 15.7. The Bertz CT molecular complexity index is 1280. The van der Waals surface area contributed by atoms with Crippen molar-refractivity contribution in [3.63, 3.8) is 0 Å². The van der Waals surface area contributed by atoms with Gasteiger partial charge in [0.15, 0.2) is 0 Å². The van der Waals surface area contributed by atoms with Gasteiger partial charge in [0.2, 0.25) is 5.91 Å². The van der Waals surface area contributed by atoms with E-state index in [9.17, 15) is 9.59 Å². The predicted molar refractivity (Wildman–Crippen MR) is 158 cm³/mol. The van der Waals surface area contributed by atoms with Crippen molar-refractivity contribution < 1.29 is 23.1 Å². The molecule has 2 aromatic rings. The molecule has 4 rings (SSSR count). The Morgan fingerprint density at radius 2 is 1.78 bits per heavy atom. The molecule has 9 heteroatoms. The van der Waals surface area contributed by atoms with E-state index in [1.165, 1.54) is 19.2 Å². The predicted octanol–water partition coefficient (Wildman–Crippen LogP) is 7.19. The molecule has 1 saturated heterocycles. The zero-order valence-corrected chi connectivity index (χ0v) is 25.8. The molecule has 1 aliphatic heterocycles. The fourth-order valence-electron chi connectivity index (χ4n) is 6.83. The zero-order valence-electron chi connectivity index (χ0n) is 24.3. The molecule has 2 aliphatic rings. The number of methoxy groups -OCH3 is 1. The fraction of sp³-hybridized carbons (Fsp3) is 0.562. The lowest BCUT2D eigenvalue weighted by atomic mass is 9.63. The van der Waals surface area contributed by atoms with E-state index in [2.05, 4.69) is 31.4 Å². The fourth-order valence-corrected chi connectivity index (χ4v) is 7.17. The number of carbonyl (C=O) groups excluding carboxylic acids is 2. The number of carbonyl (C=O) groups is 2. The summed E-state index contributed by atoms with van der Waals surface area (Å²) >= 11 is 12.4. The molecule has 0 aromatic heterocycles. The first-order chi connectivity index (χ1) is 19.3. The second-order valence-electron chi connectivity index (χ2n) is 13.0. The molecule has 0 spiro atoms. The summed E-state index contributed by atoms with van der Waals surface area (Å²) in [5, 5.41) is 6.81. The van der Waals surface area contributed by atoms with Crippen LogP contribution in [0.15, 0.2) is 36.4 Å². The van der Waals surface area contributed by atoms with Crippen molar-refractivity contribution in [2.45, 2.75) is 83.2 Å². The lowest BCUT2D eigenvalue weighted by molar-refractivity contribution is -0.146. The molecule has 1 saturated carbocycles. The Hall–Kier alpha value is -2.22. The normalized spacial score (nSPS) is 28.4. The van der Waals surface area contributed by atoms with Gasteiger partial charge < -0.3 is 15.4 Å². The number of esters is 1. The molecule has 1 aliphatic carbocycles. The first-order valence-electron chi connectivity index (χ1n) is 14.3. The first kappa shape index (κ1) is 31.7. The van der Waals surface area contributed by atoms with Crippen molar-refractivity contribution in [3.05, 3.63) is 69.2 Å². The van der Waals surface area contributed by atoms with Gasteiger partial charge in [0.05, 0.1) is 24.1 Å². The minimum atomic E-state index is -1.02. The molecule has 1 amide bonds. The van der Waals surface area contributed by atoms with Crippen LogP contribution in [0.25, 0.3) is 0 Å². The van der Waals surface area contributed by atoms with Gasteiger partial charge in [-0.2, -0.15) is 0 Å². The summed E-state index contributed by atoms with van der Waals surface area (Å²) in [6, 6.07) is 8.08. The van der Waals surface area contributed by atoms with E-state index in [-0.39, 0.29) is 50.8 Å². The molecule has 4 atom stereocenters. The third kappa shape index (κ3) is 6.73. The minimum Gasteiger partial charge on any atom is -0.469 e. The Kier molecular flexibility index (Phi) is 9.72. The van der Waals surface area contributed by atoms with Gasteiger partial charge in [-0.3, -0.25) is 9.59 Å². The van der Waals surface area contributed by atoms with Gasteiger partial charge in [0.25, 0.3) is 0 Å². The van der Waals surface area contributed by atoms with Crippen molar-refractivity contribution in [3.8, 4) is 0 Å². The van der Waals surface area contributed by atoms with Crippen molar-refractivity contribution in [1.82, 2.24) is 10.6 Å². The molecular weight excluding hydrogens is 569 g/mol. The number of halogens is 4.